The standard InChI is InChI=1S/C10H8N4OS/c1-6-2-11-13-9(6)8-4-14-3-7(5-15)16-10(14)12-8/h2-5H,1H3,(H,11,13). The summed E-state index contributed by atoms with van der Waals surface area (Å²) in [5, 5.41) is 6.87. The van der Waals surface area contributed by atoms with Crippen LogP contribution in [0.3, 0.4) is 0 Å². The molecule has 0 amide bonds. The summed E-state index contributed by atoms with van der Waals surface area (Å²) in [6, 6.07) is 0. The maximum Gasteiger partial charge on any atom is 0.194 e. The first-order valence-electron chi connectivity index (χ1n) is 4.72. The van der Waals surface area contributed by atoms with Gasteiger partial charge in [-0.2, -0.15) is 5.10 Å². The van der Waals surface area contributed by atoms with Gasteiger partial charge in [0.1, 0.15) is 5.69 Å². The fourth-order valence-electron chi connectivity index (χ4n) is 1.59. The van der Waals surface area contributed by atoms with Crippen LogP contribution in [0.5, 0.6) is 0 Å². The van der Waals surface area contributed by atoms with Gasteiger partial charge in [-0.1, -0.05) is 11.3 Å². The van der Waals surface area contributed by atoms with E-state index in [1.54, 1.807) is 12.4 Å². The number of thiazole rings is 1. The number of aromatic nitrogens is 4. The minimum Gasteiger partial charge on any atom is -0.297 e. The molecule has 0 atom stereocenters. The number of rotatable bonds is 2. The van der Waals surface area contributed by atoms with Crippen molar-refractivity contribution in [3.63, 3.8) is 0 Å². The van der Waals surface area contributed by atoms with E-state index in [2.05, 4.69) is 15.2 Å². The molecule has 0 aliphatic carbocycles. The lowest BCUT2D eigenvalue weighted by Crippen LogP contribution is -1.80. The number of aromatic amines is 1. The summed E-state index contributed by atoms with van der Waals surface area (Å²) >= 11 is 1.37. The van der Waals surface area contributed by atoms with Crippen molar-refractivity contribution in [3.8, 4) is 11.4 Å². The molecule has 5 nitrogen and oxygen atoms in total. The number of hydrogen-bond acceptors (Lipinski definition) is 4. The summed E-state index contributed by atoms with van der Waals surface area (Å²) in [7, 11) is 0. The second-order valence-corrected chi connectivity index (χ2v) is 4.54. The van der Waals surface area contributed by atoms with Crippen molar-refractivity contribution in [1.29, 1.82) is 0 Å². The smallest absolute Gasteiger partial charge is 0.194 e. The van der Waals surface area contributed by atoms with Gasteiger partial charge < -0.3 is 0 Å². The minimum absolute atomic E-state index is 0.676. The maximum absolute atomic E-state index is 10.6. The molecule has 0 aliphatic rings. The molecule has 0 fully saturated rings. The molecule has 3 rings (SSSR count). The van der Waals surface area contributed by atoms with Gasteiger partial charge in [-0.3, -0.25) is 14.3 Å². The summed E-state index contributed by atoms with van der Waals surface area (Å²) in [5.41, 5.74) is 2.82. The molecule has 3 heterocycles. The first kappa shape index (κ1) is 9.29. The highest BCUT2D eigenvalue weighted by atomic mass is 32.1. The fraction of sp³-hybridized carbons (Fsp3) is 0.100. The molecule has 16 heavy (non-hydrogen) atoms. The van der Waals surface area contributed by atoms with Gasteiger partial charge in [0.05, 0.1) is 16.8 Å². The average Bonchev–Trinajstić information content (AvgIpc) is 2.89. The number of carbonyl (C=O) groups excluding carboxylic acids is 1. The number of fused-ring (bicyclic) bond motifs is 1. The first-order valence-corrected chi connectivity index (χ1v) is 5.53. The van der Waals surface area contributed by atoms with Crippen LogP contribution in [-0.4, -0.2) is 25.9 Å². The Morgan fingerprint density at radius 2 is 2.38 bits per heavy atom. The number of carbonyl (C=O) groups is 1. The van der Waals surface area contributed by atoms with E-state index in [4.69, 9.17) is 0 Å². The largest absolute Gasteiger partial charge is 0.297 e. The lowest BCUT2D eigenvalue weighted by molar-refractivity contribution is 0.112. The molecule has 0 spiro atoms. The molecule has 0 bridgehead atoms. The second kappa shape index (κ2) is 3.28. The zero-order valence-electron chi connectivity index (χ0n) is 8.47. The highest BCUT2D eigenvalue weighted by molar-refractivity contribution is 7.18. The highest BCUT2D eigenvalue weighted by Gasteiger charge is 2.10. The monoisotopic (exact) mass is 232 g/mol. The molecule has 0 saturated carbocycles. The molecule has 3 aromatic heterocycles. The Hall–Kier alpha value is -1.95. The van der Waals surface area contributed by atoms with Gasteiger partial charge in [-0.15, -0.1) is 0 Å². The van der Waals surface area contributed by atoms with Gasteiger partial charge >= 0.3 is 0 Å². The molecule has 0 aromatic carbocycles. The van der Waals surface area contributed by atoms with Crippen molar-refractivity contribution in [2.45, 2.75) is 6.92 Å². The molecule has 0 radical (unpaired) electrons. The predicted octanol–water partition coefficient (Wildman–Crippen LogP) is 1.91. The molecular weight excluding hydrogens is 224 g/mol. The van der Waals surface area contributed by atoms with Crippen LogP contribution in [0.25, 0.3) is 16.3 Å². The summed E-state index contributed by atoms with van der Waals surface area (Å²) in [6.07, 6.45) is 6.26. The topological polar surface area (TPSA) is 63.1 Å². The van der Waals surface area contributed by atoms with Gasteiger partial charge in [0.2, 0.25) is 0 Å². The van der Waals surface area contributed by atoms with Crippen LogP contribution in [0.2, 0.25) is 0 Å². The summed E-state index contributed by atoms with van der Waals surface area (Å²) in [5.74, 6) is 0. The van der Waals surface area contributed by atoms with Crippen molar-refractivity contribution in [3.05, 3.63) is 29.0 Å². The predicted molar refractivity (Wildman–Crippen MR) is 60.8 cm³/mol. The molecule has 6 heteroatoms. The van der Waals surface area contributed by atoms with Gasteiger partial charge in [0.15, 0.2) is 11.2 Å². The molecule has 0 unspecified atom stereocenters. The molecular formula is C10H8N4OS. The van der Waals surface area contributed by atoms with Crippen LogP contribution in [0.1, 0.15) is 15.2 Å². The van der Waals surface area contributed by atoms with Crippen molar-refractivity contribution in [1.82, 2.24) is 19.6 Å². The van der Waals surface area contributed by atoms with Gasteiger partial charge in [0.25, 0.3) is 0 Å². The summed E-state index contributed by atoms with van der Waals surface area (Å²) < 4.78 is 1.85. The minimum atomic E-state index is 0.676. The van der Waals surface area contributed by atoms with E-state index in [1.165, 1.54) is 11.3 Å². The number of aryl methyl sites for hydroxylation is 1. The van der Waals surface area contributed by atoms with Crippen molar-refractivity contribution in [2.24, 2.45) is 0 Å². The van der Waals surface area contributed by atoms with E-state index in [1.807, 2.05) is 17.5 Å². The number of H-pyrrole nitrogens is 1. The van der Waals surface area contributed by atoms with Gasteiger partial charge in [0, 0.05) is 12.4 Å². The third-order valence-corrected chi connectivity index (χ3v) is 3.30. The Morgan fingerprint density at radius 1 is 1.50 bits per heavy atom. The Bertz CT molecular complexity index is 632. The zero-order chi connectivity index (χ0) is 11.1. The average molecular weight is 232 g/mol. The van der Waals surface area contributed by atoms with Crippen LogP contribution < -0.4 is 0 Å². The second-order valence-electron chi connectivity index (χ2n) is 3.50. The van der Waals surface area contributed by atoms with E-state index in [0.29, 0.717) is 4.88 Å². The number of hydrogen-bond donors (Lipinski definition) is 1. The highest BCUT2D eigenvalue weighted by Crippen LogP contribution is 2.23. The van der Waals surface area contributed by atoms with Crippen LogP contribution >= 0.6 is 11.3 Å². The van der Waals surface area contributed by atoms with Crippen molar-refractivity contribution >= 4 is 22.6 Å². The Morgan fingerprint density at radius 3 is 3.00 bits per heavy atom. The quantitative estimate of drug-likeness (QED) is 0.686. The van der Waals surface area contributed by atoms with Crippen LogP contribution in [-0.2, 0) is 0 Å². The number of nitrogens with one attached hydrogen (secondary N) is 1. The van der Waals surface area contributed by atoms with E-state index >= 15 is 0 Å². The van der Waals surface area contributed by atoms with Gasteiger partial charge in [-0.05, 0) is 12.5 Å². The lowest BCUT2D eigenvalue weighted by Gasteiger charge is -1.90. The van der Waals surface area contributed by atoms with E-state index in [0.717, 1.165) is 28.2 Å². The normalized spacial score (nSPS) is 11.1. The van der Waals surface area contributed by atoms with Gasteiger partial charge in [-0.25, -0.2) is 4.98 Å². The van der Waals surface area contributed by atoms with E-state index in [9.17, 15) is 4.79 Å². The number of nitrogens with zero attached hydrogens (tertiary/aromatic N) is 3. The Kier molecular flexibility index (Phi) is 1.90. The fourth-order valence-corrected chi connectivity index (χ4v) is 2.37. The number of imidazole rings is 1. The molecule has 80 valence electrons. The summed E-state index contributed by atoms with van der Waals surface area (Å²) in [6.45, 7) is 1.98. The molecule has 3 aromatic rings. The van der Waals surface area contributed by atoms with Crippen LogP contribution in [0.4, 0.5) is 0 Å². The third kappa shape index (κ3) is 1.27. The summed E-state index contributed by atoms with van der Waals surface area (Å²) in [4.78, 5) is 16.5. The zero-order valence-corrected chi connectivity index (χ0v) is 9.28. The lowest BCUT2D eigenvalue weighted by atomic mass is 10.2. The third-order valence-electron chi connectivity index (χ3n) is 2.37. The number of aldehydes is 1. The molecule has 0 saturated heterocycles. The SMILES string of the molecule is Cc1cn[nH]c1-c1cn2cc(C=O)sc2n1. The van der Waals surface area contributed by atoms with Crippen molar-refractivity contribution in [2.75, 3.05) is 0 Å². The van der Waals surface area contributed by atoms with E-state index < -0.39 is 0 Å². The first-order chi connectivity index (χ1) is 7.78. The van der Waals surface area contributed by atoms with Crippen molar-refractivity contribution < 1.29 is 4.79 Å². The molecule has 1 N–H and O–H groups in total. The van der Waals surface area contributed by atoms with Crippen LogP contribution in [0, 0.1) is 6.92 Å². The molecule has 0 aliphatic heterocycles. The van der Waals surface area contributed by atoms with Crippen LogP contribution in [0.15, 0.2) is 18.6 Å². The Balaban J connectivity index is 2.16. The maximum atomic E-state index is 10.6. The van der Waals surface area contributed by atoms with E-state index in [-0.39, 0.29) is 0 Å². The Labute approximate surface area is 94.8 Å².